The van der Waals surface area contributed by atoms with Crippen LogP contribution >= 0.6 is 0 Å². The van der Waals surface area contributed by atoms with Gasteiger partial charge in [0, 0.05) is 25.0 Å². The Balaban J connectivity index is 1.71. The Morgan fingerprint density at radius 1 is 1.41 bits per heavy atom. The molecule has 0 amide bonds. The molecule has 0 aromatic carbocycles. The second-order valence-electron chi connectivity index (χ2n) is 5.65. The van der Waals surface area contributed by atoms with Crippen molar-refractivity contribution in [3.8, 4) is 0 Å². The van der Waals surface area contributed by atoms with Crippen LogP contribution in [0.3, 0.4) is 0 Å². The Labute approximate surface area is 105 Å². The van der Waals surface area contributed by atoms with Crippen LogP contribution in [0.1, 0.15) is 38.8 Å². The largest absolute Gasteiger partial charge is 0.314 e. The zero-order valence-electron chi connectivity index (χ0n) is 11.3. The summed E-state index contributed by atoms with van der Waals surface area (Å²) in [5, 5.41) is 7.79. The van der Waals surface area contributed by atoms with Gasteiger partial charge in [-0.15, -0.1) is 0 Å². The molecule has 3 heteroatoms. The molecule has 17 heavy (non-hydrogen) atoms. The zero-order chi connectivity index (χ0) is 12.3. The van der Waals surface area contributed by atoms with Crippen molar-refractivity contribution in [2.75, 3.05) is 6.54 Å². The highest BCUT2D eigenvalue weighted by atomic mass is 15.2. The molecule has 0 aliphatic heterocycles. The average Bonchev–Trinajstić information content (AvgIpc) is 2.63. The quantitative estimate of drug-likeness (QED) is 0.820. The van der Waals surface area contributed by atoms with E-state index in [1.165, 1.54) is 37.9 Å². The van der Waals surface area contributed by atoms with E-state index in [4.69, 9.17) is 0 Å². The summed E-state index contributed by atoms with van der Waals surface area (Å²) in [7, 11) is 2.04. The molecular weight excluding hydrogens is 210 g/mol. The number of aryl methyl sites for hydroxylation is 2. The van der Waals surface area contributed by atoms with Gasteiger partial charge in [-0.3, -0.25) is 4.68 Å². The van der Waals surface area contributed by atoms with Crippen molar-refractivity contribution in [2.24, 2.45) is 18.9 Å². The van der Waals surface area contributed by atoms with Crippen LogP contribution in [0.25, 0.3) is 0 Å². The average molecular weight is 235 g/mol. The highest BCUT2D eigenvalue weighted by molar-refractivity contribution is 5.00. The lowest BCUT2D eigenvalue weighted by Crippen LogP contribution is -2.38. The number of rotatable bonds is 6. The van der Waals surface area contributed by atoms with Crippen LogP contribution in [0.4, 0.5) is 0 Å². The molecule has 0 spiro atoms. The molecule has 1 aliphatic carbocycles. The molecule has 0 radical (unpaired) electrons. The van der Waals surface area contributed by atoms with E-state index in [2.05, 4.69) is 30.3 Å². The van der Waals surface area contributed by atoms with Gasteiger partial charge in [0.25, 0.3) is 0 Å². The first kappa shape index (κ1) is 12.6. The van der Waals surface area contributed by atoms with Crippen LogP contribution in [-0.4, -0.2) is 22.4 Å². The van der Waals surface area contributed by atoms with Gasteiger partial charge < -0.3 is 5.32 Å². The van der Waals surface area contributed by atoms with E-state index in [1.54, 1.807) is 0 Å². The zero-order valence-corrected chi connectivity index (χ0v) is 11.3. The smallest absolute Gasteiger partial charge is 0.0492 e. The van der Waals surface area contributed by atoms with Gasteiger partial charge in [0.05, 0.1) is 0 Å². The van der Waals surface area contributed by atoms with Crippen molar-refractivity contribution in [2.45, 2.75) is 45.6 Å². The molecular formula is C14H25N3. The summed E-state index contributed by atoms with van der Waals surface area (Å²) in [4.78, 5) is 0. The van der Waals surface area contributed by atoms with Crippen molar-refractivity contribution in [3.63, 3.8) is 0 Å². The summed E-state index contributed by atoms with van der Waals surface area (Å²) in [5.41, 5.74) is 1.37. The van der Waals surface area contributed by atoms with Crippen LogP contribution < -0.4 is 5.32 Å². The summed E-state index contributed by atoms with van der Waals surface area (Å²) >= 11 is 0. The van der Waals surface area contributed by atoms with E-state index >= 15 is 0 Å². The fraction of sp³-hybridized carbons (Fsp3) is 0.786. The highest BCUT2D eigenvalue weighted by Gasteiger charge is 2.30. The molecule has 1 heterocycles. The SMILES string of the molecule is CC(C)NCC1CCC1CCc1ccnn1C. The third-order valence-corrected chi connectivity index (χ3v) is 4.06. The lowest BCUT2D eigenvalue weighted by atomic mass is 9.71. The summed E-state index contributed by atoms with van der Waals surface area (Å²) in [6.07, 6.45) is 7.23. The number of nitrogens with zero attached hydrogens (tertiary/aromatic N) is 2. The van der Waals surface area contributed by atoms with E-state index in [9.17, 15) is 0 Å². The minimum atomic E-state index is 0.619. The monoisotopic (exact) mass is 235 g/mol. The maximum absolute atomic E-state index is 4.22. The number of aromatic nitrogens is 2. The molecule has 1 aromatic heterocycles. The molecule has 3 nitrogen and oxygen atoms in total. The van der Waals surface area contributed by atoms with Gasteiger partial charge in [0.15, 0.2) is 0 Å². The molecule has 2 unspecified atom stereocenters. The third kappa shape index (κ3) is 3.32. The predicted octanol–water partition coefficient (Wildman–Crippen LogP) is 2.38. The standard InChI is InChI=1S/C14H25N3/c1-11(2)15-10-13-5-4-12(13)6-7-14-8-9-16-17(14)3/h8-9,11-13,15H,4-7,10H2,1-3H3. The molecule has 1 aromatic rings. The van der Waals surface area contributed by atoms with Gasteiger partial charge in [-0.2, -0.15) is 5.10 Å². The van der Waals surface area contributed by atoms with E-state index in [0.29, 0.717) is 6.04 Å². The van der Waals surface area contributed by atoms with Crippen molar-refractivity contribution in [3.05, 3.63) is 18.0 Å². The predicted molar refractivity (Wildman–Crippen MR) is 70.9 cm³/mol. The van der Waals surface area contributed by atoms with E-state index in [1.807, 2.05) is 17.9 Å². The molecule has 1 aliphatic rings. The molecule has 96 valence electrons. The maximum atomic E-state index is 4.22. The number of hydrogen-bond donors (Lipinski definition) is 1. The first-order valence-corrected chi connectivity index (χ1v) is 6.87. The topological polar surface area (TPSA) is 29.9 Å². The molecule has 2 atom stereocenters. The molecule has 0 bridgehead atoms. The Kier molecular flexibility index (Phi) is 4.21. The minimum Gasteiger partial charge on any atom is -0.314 e. The normalized spacial score (nSPS) is 24.0. The highest BCUT2D eigenvalue weighted by Crippen LogP contribution is 2.37. The van der Waals surface area contributed by atoms with E-state index in [-0.39, 0.29) is 0 Å². The van der Waals surface area contributed by atoms with Crippen molar-refractivity contribution in [1.29, 1.82) is 0 Å². The van der Waals surface area contributed by atoms with Crippen molar-refractivity contribution >= 4 is 0 Å². The molecule has 1 saturated carbocycles. The Morgan fingerprint density at radius 2 is 2.18 bits per heavy atom. The summed E-state index contributed by atoms with van der Waals surface area (Å²) in [6.45, 7) is 5.65. The van der Waals surface area contributed by atoms with Gasteiger partial charge in [-0.25, -0.2) is 0 Å². The van der Waals surface area contributed by atoms with E-state index in [0.717, 1.165) is 11.8 Å². The van der Waals surface area contributed by atoms with Gasteiger partial charge in [-0.05, 0) is 50.1 Å². The summed E-state index contributed by atoms with van der Waals surface area (Å²) in [5.74, 6) is 1.83. The molecule has 0 saturated heterocycles. The second-order valence-corrected chi connectivity index (χ2v) is 5.65. The fourth-order valence-corrected chi connectivity index (χ4v) is 2.65. The first-order valence-electron chi connectivity index (χ1n) is 6.87. The summed E-state index contributed by atoms with van der Waals surface area (Å²) < 4.78 is 2.00. The van der Waals surface area contributed by atoms with Crippen LogP contribution in [-0.2, 0) is 13.5 Å². The summed E-state index contributed by atoms with van der Waals surface area (Å²) in [6, 6.07) is 2.76. The number of nitrogens with one attached hydrogen (secondary N) is 1. The van der Waals surface area contributed by atoms with E-state index < -0.39 is 0 Å². The van der Waals surface area contributed by atoms with Crippen LogP contribution in [0.5, 0.6) is 0 Å². The lowest BCUT2D eigenvalue weighted by molar-refractivity contribution is 0.157. The molecule has 1 N–H and O–H groups in total. The van der Waals surface area contributed by atoms with Gasteiger partial charge in [-0.1, -0.05) is 13.8 Å². The van der Waals surface area contributed by atoms with Crippen molar-refractivity contribution < 1.29 is 0 Å². The first-order chi connectivity index (χ1) is 8.16. The van der Waals surface area contributed by atoms with Gasteiger partial charge in [0.1, 0.15) is 0 Å². The maximum Gasteiger partial charge on any atom is 0.0492 e. The lowest BCUT2D eigenvalue weighted by Gasteiger charge is -2.37. The fourth-order valence-electron chi connectivity index (χ4n) is 2.65. The van der Waals surface area contributed by atoms with Gasteiger partial charge >= 0.3 is 0 Å². The number of hydrogen-bond acceptors (Lipinski definition) is 2. The molecule has 1 fully saturated rings. The Bertz CT molecular complexity index is 343. The van der Waals surface area contributed by atoms with Crippen LogP contribution in [0, 0.1) is 11.8 Å². The van der Waals surface area contributed by atoms with Crippen LogP contribution in [0.2, 0.25) is 0 Å². The Morgan fingerprint density at radius 3 is 2.71 bits per heavy atom. The van der Waals surface area contributed by atoms with Crippen LogP contribution in [0.15, 0.2) is 12.3 Å². The minimum absolute atomic E-state index is 0.619. The second kappa shape index (κ2) is 5.67. The van der Waals surface area contributed by atoms with Gasteiger partial charge in [0.2, 0.25) is 0 Å². The van der Waals surface area contributed by atoms with Crippen molar-refractivity contribution in [1.82, 2.24) is 15.1 Å². The Hall–Kier alpha value is -0.830. The third-order valence-electron chi connectivity index (χ3n) is 4.06. The molecule has 2 rings (SSSR count).